The minimum Gasteiger partial charge on any atom is -0.383 e. The standard InChI is InChI=1S/C20H32N4O2.HI/c1-4-21-20(23-14-19(25)22-11-13-26-3)24-12-10-18(16(2)15-24)17-8-6-5-7-9-17;/h5-9,16,18H,4,10-15H2,1-3H3,(H,21,23)(H,22,25);1H. The summed E-state index contributed by atoms with van der Waals surface area (Å²) in [5.41, 5.74) is 1.42. The minimum absolute atomic E-state index is 0. The Labute approximate surface area is 180 Å². The van der Waals surface area contributed by atoms with Crippen molar-refractivity contribution in [2.24, 2.45) is 10.9 Å². The highest BCUT2D eigenvalue weighted by atomic mass is 127. The number of hydrogen-bond donors (Lipinski definition) is 2. The molecule has 1 heterocycles. The van der Waals surface area contributed by atoms with Crippen LogP contribution in [-0.4, -0.2) is 63.2 Å². The highest BCUT2D eigenvalue weighted by Gasteiger charge is 2.28. The van der Waals surface area contributed by atoms with Crippen molar-refractivity contribution in [3.63, 3.8) is 0 Å². The normalized spacial score (nSPS) is 20.0. The van der Waals surface area contributed by atoms with Gasteiger partial charge < -0.3 is 20.3 Å². The summed E-state index contributed by atoms with van der Waals surface area (Å²) in [5.74, 6) is 1.86. The quantitative estimate of drug-likeness (QED) is 0.268. The first-order chi connectivity index (χ1) is 12.7. The number of amides is 1. The molecule has 0 aromatic heterocycles. The molecule has 7 heteroatoms. The van der Waals surface area contributed by atoms with Crippen molar-refractivity contribution in [1.82, 2.24) is 15.5 Å². The molecule has 152 valence electrons. The number of halogens is 1. The summed E-state index contributed by atoms with van der Waals surface area (Å²) in [4.78, 5) is 18.7. The Morgan fingerprint density at radius 2 is 2.04 bits per heavy atom. The van der Waals surface area contributed by atoms with Gasteiger partial charge in [0.05, 0.1) is 6.61 Å². The van der Waals surface area contributed by atoms with Crippen molar-refractivity contribution >= 4 is 35.8 Å². The number of hydrogen-bond acceptors (Lipinski definition) is 3. The molecular weight excluding hydrogens is 455 g/mol. The van der Waals surface area contributed by atoms with Crippen LogP contribution in [0.3, 0.4) is 0 Å². The van der Waals surface area contributed by atoms with Crippen molar-refractivity contribution in [1.29, 1.82) is 0 Å². The monoisotopic (exact) mass is 488 g/mol. The summed E-state index contributed by atoms with van der Waals surface area (Å²) in [6.07, 6.45) is 1.09. The lowest BCUT2D eigenvalue weighted by atomic mass is 9.82. The summed E-state index contributed by atoms with van der Waals surface area (Å²) in [5, 5.41) is 6.13. The van der Waals surface area contributed by atoms with Gasteiger partial charge in [-0.25, -0.2) is 4.99 Å². The molecule has 2 N–H and O–H groups in total. The number of nitrogens with one attached hydrogen (secondary N) is 2. The Morgan fingerprint density at radius 3 is 2.67 bits per heavy atom. The average Bonchev–Trinajstić information content (AvgIpc) is 2.66. The second-order valence-electron chi connectivity index (χ2n) is 6.74. The minimum atomic E-state index is -0.0790. The molecule has 1 fully saturated rings. The number of benzene rings is 1. The van der Waals surface area contributed by atoms with E-state index in [1.54, 1.807) is 7.11 Å². The van der Waals surface area contributed by atoms with Crippen LogP contribution >= 0.6 is 24.0 Å². The molecule has 2 rings (SSSR count). The molecule has 2 unspecified atom stereocenters. The molecule has 0 saturated carbocycles. The fourth-order valence-electron chi connectivity index (χ4n) is 3.45. The van der Waals surface area contributed by atoms with Crippen LogP contribution in [0, 0.1) is 5.92 Å². The fraction of sp³-hybridized carbons (Fsp3) is 0.600. The third-order valence-corrected chi connectivity index (χ3v) is 4.77. The Morgan fingerprint density at radius 1 is 1.30 bits per heavy atom. The maximum absolute atomic E-state index is 11.9. The molecule has 1 aliphatic rings. The van der Waals surface area contributed by atoms with Crippen LogP contribution in [0.15, 0.2) is 35.3 Å². The SMILES string of the molecule is CCNC(=NCC(=O)NCCOC)N1CCC(c2ccccc2)C(C)C1.I. The molecule has 1 aliphatic heterocycles. The fourth-order valence-corrected chi connectivity index (χ4v) is 3.45. The second kappa shape index (κ2) is 12.9. The zero-order valence-electron chi connectivity index (χ0n) is 16.6. The van der Waals surface area contributed by atoms with Crippen molar-refractivity contribution in [2.75, 3.05) is 46.4 Å². The van der Waals surface area contributed by atoms with Gasteiger partial charge in [-0.1, -0.05) is 37.3 Å². The van der Waals surface area contributed by atoms with E-state index in [9.17, 15) is 4.79 Å². The number of piperidine rings is 1. The van der Waals surface area contributed by atoms with E-state index < -0.39 is 0 Å². The summed E-state index contributed by atoms with van der Waals surface area (Å²) in [6.45, 7) is 8.19. The van der Waals surface area contributed by atoms with Crippen LogP contribution in [0.5, 0.6) is 0 Å². The van der Waals surface area contributed by atoms with Gasteiger partial charge in [0, 0.05) is 33.3 Å². The number of rotatable bonds is 7. The smallest absolute Gasteiger partial charge is 0.241 e. The number of guanidine groups is 1. The largest absolute Gasteiger partial charge is 0.383 e. The van der Waals surface area contributed by atoms with E-state index in [0.717, 1.165) is 32.0 Å². The van der Waals surface area contributed by atoms with E-state index in [1.807, 2.05) is 6.92 Å². The summed E-state index contributed by atoms with van der Waals surface area (Å²) in [6, 6.07) is 10.7. The molecule has 1 aromatic carbocycles. The van der Waals surface area contributed by atoms with Gasteiger partial charge in [0.2, 0.25) is 5.91 Å². The summed E-state index contributed by atoms with van der Waals surface area (Å²) < 4.78 is 4.94. The Kier molecular flexibility index (Phi) is 11.3. The zero-order valence-corrected chi connectivity index (χ0v) is 18.9. The van der Waals surface area contributed by atoms with Gasteiger partial charge in [-0.05, 0) is 30.7 Å². The van der Waals surface area contributed by atoms with Gasteiger partial charge in [0.1, 0.15) is 6.54 Å². The Balaban J connectivity index is 0.00000364. The maximum atomic E-state index is 11.9. The van der Waals surface area contributed by atoms with Crippen LogP contribution in [-0.2, 0) is 9.53 Å². The molecule has 1 amide bonds. The third-order valence-electron chi connectivity index (χ3n) is 4.77. The van der Waals surface area contributed by atoms with Crippen LogP contribution in [0.4, 0.5) is 0 Å². The number of nitrogens with zero attached hydrogens (tertiary/aromatic N) is 2. The molecule has 1 aromatic rings. The molecule has 0 aliphatic carbocycles. The summed E-state index contributed by atoms with van der Waals surface area (Å²) >= 11 is 0. The molecule has 0 spiro atoms. The number of carbonyl (C=O) groups is 1. The first-order valence-electron chi connectivity index (χ1n) is 9.49. The Hall–Kier alpha value is -1.35. The first kappa shape index (κ1) is 23.7. The van der Waals surface area contributed by atoms with Crippen molar-refractivity contribution in [2.45, 2.75) is 26.2 Å². The number of ether oxygens (including phenoxy) is 1. The molecule has 27 heavy (non-hydrogen) atoms. The van der Waals surface area contributed by atoms with Crippen LogP contribution in [0.1, 0.15) is 31.7 Å². The van der Waals surface area contributed by atoms with Gasteiger partial charge in [0.25, 0.3) is 0 Å². The molecular formula is C20H33IN4O2. The van der Waals surface area contributed by atoms with Gasteiger partial charge in [-0.15, -0.1) is 24.0 Å². The maximum Gasteiger partial charge on any atom is 0.241 e. The van der Waals surface area contributed by atoms with Crippen molar-refractivity contribution in [3.05, 3.63) is 35.9 Å². The lowest BCUT2D eigenvalue weighted by Gasteiger charge is -2.39. The van der Waals surface area contributed by atoms with E-state index in [1.165, 1.54) is 5.56 Å². The molecule has 2 atom stereocenters. The van der Waals surface area contributed by atoms with Gasteiger partial charge in [0.15, 0.2) is 5.96 Å². The molecule has 1 saturated heterocycles. The number of aliphatic imine (C=N–C) groups is 1. The highest BCUT2D eigenvalue weighted by molar-refractivity contribution is 14.0. The lowest BCUT2D eigenvalue weighted by molar-refractivity contribution is -0.119. The number of carbonyl (C=O) groups excluding carboxylic acids is 1. The predicted molar refractivity (Wildman–Crippen MR) is 121 cm³/mol. The topological polar surface area (TPSA) is 66.0 Å². The predicted octanol–water partition coefficient (Wildman–Crippen LogP) is 2.46. The second-order valence-corrected chi connectivity index (χ2v) is 6.74. The lowest BCUT2D eigenvalue weighted by Crippen LogP contribution is -2.48. The van der Waals surface area contributed by atoms with Gasteiger partial charge >= 0.3 is 0 Å². The number of methoxy groups -OCH3 is 1. The van der Waals surface area contributed by atoms with Crippen LogP contribution in [0.25, 0.3) is 0 Å². The zero-order chi connectivity index (χ0) is 18.8. The van der Waals surface area contributed by atoms with E-state index in [4.69, 9.17) is 4.74 Å². The van der Waals surface area contributed by atoms with E-state index in [-0.39, 0.29) is 36.4 Å². The number of likely N-dealkylation sites (tertiary alicyclic amines) is 1. The molecule has 6 nitrogen and oxygen atoms in total. The van der Waals surface area contributed by atoms with Crippen molar-refractivity contribution in [3.8, 4) is 0 Å². The van der Waals surface area contributed by atoms with E-state index in [0.29, 0.717) is 25.0 Å². The van der Waals surface area contributed by atoms with Gasteiger partial charge in [-0.3, -0.25) is 4.79 Å². The summed E-state index contributed by atoms with van der Waals surface area (Å²) in [7, 11) is 1.62. The molecule has 0 radical (unpaired) electrons. The van der Waals surface area contributed by atoms with Gasteiger partial charge in [-0.2, -0.15) is 0 Å². The van der Waals surface area contributed by atoms with Crippen LogP contribution < -0.4 is 10.6 Å². The van der Waals surface area contributed by atoms with Crippen LogP contribution in [0.2, 0.25) is 0 Å². The first-order valence-corrected chi connectivity index (χ1v) is 9.49. The average molecular weight is 488 g/mol. The highest BCUT2D eigenvalue weighted by Crippen LogP contribution is 2.32. The Bertz CT molecular complexity index is 583. The van der Waals surface area contributed by atoms with Crippen molar-refractivity contribution < 1.29 is 9.53 Å². The third kappa shape index (κ3) is 7.65. The van der Waals surface area contributed by atoms with E-state index >= 15 is 0 Å². The molecule has 0 bridgehead atoms. The van der Waals surface area contributed by atoms with E-state index in [2.05, 4.69) is 57.8 Å².